The van der Waals surface area contributed by atoms with Crippen LogP contribution >= 0.6 is 0 Å². The lowest BCUT2D eigenvalue weighted by Crippen LogP contribution is -2.30. The fraction of sp³-hybridized carbons (Fsp3) is 0.138. The van der Waals surface area contributed by atoms with Gasteiger partial charge in [0, 0.05) is 17.3 Å². The molecule has 0 spiro atoms. The average Bonchev–Trinajstić information content (AvgIpc) is 2.88. The van der Waals surface area contributed by atoms with E-state index in [9.17, 15) is 13.2 Å². The molecule has 0 aliphatic heterocycles. The topological polar surface area (TPSA) is 75.7 Å². The smallest absolute Gasteiger partial charge is 0.264 e. The third-order valence-electron chi connectivity index (χ3n) is 5.38. The van der Waals surface area contributed by atoms with Crippen molar-refractivity contribution in [1.29, 1.82) is 0 Å². The molecule has 36 heavy (non-hydrogen) atoms. The van der Waals surface area contributed by atoms with E-state index in [2.05, 4.69) is 5.32 Å². The quantitative estimate of drug-likeness (QED) is 0.300. The Hall–Kier alpha value is -4.10. The van der Waals surface area contributed by atoms with Gasteiger partial charge >= 0.3 is 0 Å². The highest BCUT2D eigenvalue weighted by Gasteiger charge is 2.25. The van der Waals surface area contributed by atoms with E-state index < -0.39 is 10.0 Å². The Morgan fingerprint density at radius 2 is 1.47 bits per heavy atom. The van der Waals surface area contributed by atoms with E-state index >= 15 is 0 Å². The summed E-state index contributed by atoms with van der Waals surface area (Å²) < 4.78 is 34.0. The second-order valence-electron chi connectivity index (χ2n) is 8.51. The molecule has 4 rings (SSSR count). The first kappa shape index (κ1) is 25.0. The Morgan fingerprint density at radius 1 is 0.833 bits per heavy atom. The molecule has 0 heterocycles. The van der Waals surface area contributed by atoms with Crippen LogP contribution in [0, 0.1) is 0 Å². The second kappa shape index (κ2) is 11.1. The SMILES string of the molecule is CC(C)Oc1cccc(NC(=O)c2ccc(CN(c3ccccc3)S(=O)(=O)c3ccccc3)cc2)c1. The molecule has 4 aromatic carbocycles. The van der Waals surface area contributed by atoms with Crippen molar-refractivity contribution in [3.05, 3.63) is 120 Å². The summed E-state index contributed by atoms with van der Waals surface area (Å²) in [6, 6.07) is 31.5. The Kier molecular flexibility index (Phi) is 7.71. The Morgan fingerprint density at radius 3 is 2.11 bits per heavy atom. The minimum Gasteiger partial charge on any atom is -0.491 e. The lowest BCUT2D eigenvalue weighted by molar-refractivity contribution is 0.102. The van der Waals surface area contributed by atoms with E-state index in [1.54, 1.807) is 91.0 Å². The molecular formula is C29H28N2O4S. The summed E-state index contributed by atoms with van der Waals surface area (Å²) in [5.74, 6) is 0.416. The Balaban J connectivity index is 1.53. The van der Waals surface area contributed by atoms with Crippen LogP contribution in [0.2, 0.25) is 0 Å². The molecule has 1 amide bonds. The van der Waals surface area contributed by atoms with Crippen LogP contribution in [0.1, 0.15) is 29.8 Å². The number of sulfonamides is 1. The van der Waals surface area contributed by atoms with Gasteiger partial charge in [-0.05, 0) is 67.9 Å². The van der Waals surface area contributed by atoms with Gasteiger partial charge in [-0.25, -0.2) is 8.42 Å². The zero-order valence-electron chi connectivity index (χ0n) is 20.2. The van der Waals surface area contributed by atoms with E-state index in [0.717, 1.165) is 5.56 Å². The van der Waals surface area contributed by atoms with E-state index in [-0.39, 0.29) is 23.5 Å². The molecular weight excluding hydrogens is 472 g/mol. The molecule has 0 fully saturated rings. The zero-order chi connectivity index (χ0) is 25.5. The number of ether oxygens (including phenoxy) is 1. The van der Waals surface area contributed by atoms with Crippen LogP contribution < -0.4 is 14.4 Å². The van der Waals surface area contributed by atoms with Crippen molar-refractivity contribution in [2.24, 2.45) is 0 Å². The molecule has 184 valence electrons. The monoisotopic (exact) mass is 500 g/mol. The maximum atomic E-state index is 13.5. The van der Waals surface area contributed by atoms with E-state index in [0.29, 0.717) is 22.7 Å². The Bertz CT molecular complexity index is 1400. The summed E-state index contributed by atoms with van der Waals surface area (Å²) in [6.07, 6.45) is 0.0321. The maximum Gasteiger partial charge on any atom is 0.264 e. The number of nitrogens with one attached hydrogen (secondary N) is 1. The number of rotatable bonds is 9. The van der Waals surface area contributed by atoms with Crippen LogP contribution in [-0.4, -0.2) is 20.4 Å². The molecule has 7 heteroatoms. The minimum atomic E-state index is -3.79. The summed E-state index contributed by atoms with van der Waals surface area (Å²) in [5, 5.41) is 2.88. The van der Waals surface area contributed by atoms with Gasteiger partial charge in [-0.2, -0.15) is 0 Å². The molecule has 0 saturated heterocycles. The number of para-hydroxylation sites is 1. The molecule has 0 bridgehead atoms. The Labute approximate surface area is 212 Å². The van der Waals surface area contributed by atoms with Gasteiger partial charge in [0.05, 0.1) is 23.2 Å². The molecule has 0 radical (unpaired) electrons. The minimum absolute atomic E-state index is 0.0321. The van der Waals surface area contributed by atoms with Gasteiger partial charge in [0.25, 0.3) is 15.9 Å². The number of carbonyl (C=O) groups excluding carboxylic acids is 1. The van der Waals surface area contributed by atoms with Gasteiger partial charge in [0.2, 0.25) is 0 Å². The van der Waals surface area contributed by atoms with Crippen LogP contribution in [-0.2, 0) is 16.6 Å². The van der Waals surface area contributed by atoms with Gasteiger partial charge < -0.3 is 10.1 Å². The number of benzene rings is 4. The molecule has 6 nitrogen and oxygen atoms in total. The second-order valence-corrected chi connectivity index (χ2v) is 10.4. The van der Waals surface area contributed by atoms with Crippen LogP contribution in [0.15, 0.2) is 114 Å². The lowest BCUT2D eigenvalue weighted by atomic mass is 10.1. The van der Waals surface area contributed by atoms with E-state index in [1.165, 1.54) is 4.31 Å². The number of nitrogens with zero attached hydrogens (tertiary/aromatic N) is 1. The van der Waals surface area contributed by atoms with Crippen molar-refractivity contribution in [3.63, 3.8) is 0 Å². The summed E-state index contributed by atoms with van der Waals surface area (Å²) >= 11 is 0. The van der Waals surface area contributed by atoms with Crippen LogP contribution in [0.25, 0.3) is 0 Å². The molecule has 1 N–H and O–H groups in total. The van der Waals surface area contributed by atoms with Crippen molar-refractivity contribution >= 4 is 27.3 Å². The zero-order valence-corrected chi connectivity index (χ0v) is 21.0. The molecule has 0 atom stereocenters. The number of amides is 1. The van der Waals surface area contributed by atoms with E-state index in [1.807, 2.05) is 32.0 Å². The molecule has 0 saturated carbocycles. The average molecular weight is 501 g/mol. The number of anilines is 2. The molecule has 0 unspecified atom stereocenters. The molecule has 4 aromatic rings. The number of carbonyl (C=O) groups is 1. The van der Waals surface area contributed by atoms with Crippen LogP contribution in [0.5, 0.6) is 5.75 Å². The summed E-state index contributed by atoms with van der Waals surface area (Å²) in [6.45, 7) is 4.01. The fourth-order valence-corrected chi connectivity index (χ4v) is 5.15. The first-order valence-corrected chi connectivity index (χ1v) is 13.1. The van der Waals surface area contributed by atoms with Crippen molar-refractivity contribution in [1.82, 2.24) is 0 Å². The first-order valence-electron chi connectivity index (χ1n) is 11.6. The third kappa shape index (κ3) is 6.12. The largest absolute Gasteiger partial charge is 0.491 e. The molecule has 0 aliphatic rings. The first-order chi connectivity index (χ1) is 17.3. The summed E-state index contributed by atoms with van der Waals surface area (Å²) in [4.78, 5) is 13.0. The highest BCUT2D eigenvalue weighted by Crippen LogP contribution is 2.26. The van der Waals surface area contributed by atoms with Gasteiger partial charge in [0.1, 0.15) is 5.75 Å². The van der Waals surface area contributed by atoms with Crippen molar-refractivity contribution in [2.75, 3.05) is 9.62 Å². The van der Waals surface area contributed by atoms with Crippen LogP contribution in [0.3, 0.4) is 0 Å². The van der Waals surface area contributed by atoms with Crippen molar-refractivity contribution in [3.8, 4) is 5.75 Å². The highest BCUT2D eigenvalue weighted by atomic mass is 32.2. The van der Waals surface area contributed by atoms with Gasteiger partial charge in [-0.3, -0.25) is 9.10 Å². The molecule has 0 aliphatic carbocycles. The fourth-order valence-electron chi connectivity index (χ4n) is 3.68. The number of hydrogen-bond acceptors (Lipinski definition) is 4. The highest BCUT2D eigenvalue weighted by molar-refractivity contribution is 7.92. The summed E-state index contributed by atoms with van der Waals surface area (Å²) in [5.41, 5.74) is 2.41. The van der Waals surface area contributed by atoms with Gasteiger partial charge in [-0.1, -0.05) is 54.6 Å². The predicted octanol–water partition coefficient (Wildman–Crippen LogP) is 6.12. The standard InChI is InChI=1S/C29H28N2O4S/c1-22(2)35-27-13-9-10-25(20-27)30-29(32)24-18-16-23(17-19-24)21-31(26-11-5-3-6-12-26)36(33,34)28-14-7-4-8-15-28/h3-20,22H,21H2,1-2H3,(H,30,32). The van der Waals surface area contributed by atoms with Crippen LogP contribution in [0.4, 0.5) is 11.4 Å². The lowest BCUT2D eigenvalue weighted by Gasteiger charge is -2.25. The van der Waals surface area contributed by atoms with Gasteiger partial charge in [-0.15, -0.1) is 0 Å². The normalized spacial score (nSPS) is 11.2. The summed E-state index contributed by atoms with van der Waals surface area (Å²) in [7, 11) is -3.79. The van der Waals surface area contributed by atoms with Crippen molar-refractivity contribution in [2.45, 2.75) is 31.4 Å². The van der Waals surface area contributed by atoms with Gasteiger partial charge in [0.15, 0.2) is 0 Å². The molecule has 0 aromatic heterocycles. The third-order valence-corrected chi connectivity index (χ3v) is 7.17. The van der Waals surface area contributed by atoms with E-state index in [4.69, 9.17) is 4.74 Å². The maximum absolute atomic E-state index is 13.5. The van der Waals surface area contributed by atoms with Crippen molar-refractivity contribution < 1.29 is 17.9 Å². The predicted molar refractivity (Wildman–Crippen MR) is 143 cm³/mol. The number of hydrogen-bond donors (Lipinski definition) is 1.